The van der Waals surface area contributed by atoms with Crippen LogP contribution < -0.4 is 5.32 Å². The Morgan fingerprint density at radius 1 is 1.42 bits per heavy atom. The molecule has 1 aromatic heterocycles. The summed E-state index contributed by atoms with van der Waals surface area (Å²) in [5.74, 6) is 0. The van der Waals surface area contributed by atoms with Gasteiger partial charge in [0.15, 0.2) is 0 Å². The van der Waals surface area contributed by atoms with Gasteiger partial charge in [-0.05, 0) is 32.3 Å². The van der Waals surface area contributed by atoms with Crippen LogP contribution in [0.3, 0.4) is 0 Å². The van der Waals surface area contributed by atoms with Crippen LogP contribution >= 0.6 is 0 Å². The summed E-state index contributed by atoms with van der Waals surface area (Å²) in [6.07, 6.45) is 10.3. The van der Waals surface area contributed by atoms with Crippen LogP contribution in [0.5, 0.6) is 0 Å². The molecular formula is C15H25N3O. The lowest BCUT2D eigenvalue weighted by Gasteiger charge is -2.58. The Balaban J connectivity index is 1.61. The van der Waals surface area contributed by atoms with Crippen molar-refractivity contribution in [3.8, 4) is 0 Å². The van der Waals surface area contributed by atoms with E-state index in [-0.39, 0.29) is 0 Å². The number of aromatic amines is 1. The Hall–Kier alpha value is -0.870. The van der Waals surface area contributed by atoms with Crippen LogP contribution in [-0.2, 0) is 11.3 Å². The first kappa shape index (κ1) is 13.1. The van der Waals surface area contributed by atoms with E-state index in [0.717, 1.165) is 13.2 Å². The highest BCUT2D eigenvalue weighted by Gasteiger charge is 2.55. The van der Waals surface area contributed by atoms with Gasteiger partial charge in [-0.2, -0.15) is 5.10 Å². The lowest BCUT2D eigenvalue weighted by atomic mass is 9.55. The smallest absolute Gasteiger partial charge is 0.0661 e. The van der Waals surface area contributed by atoms with Gasteiger partial charge in [-0.3, -0.25) is 5.10 Å². The molecule has 0 aromatic carbocycles. The maximum absolute atomic E-state index is 5.98. The minimum atomic E-state index is 0.411. The summed E-state index contributed by atoms with van der Waals surface area (Å²) >= 11 is 0. The van der Waals surface area contributed by atoms with Gasteiger partial charge in [-0.1, -0.05) is 19.3 Å². The number of H-pyrrole nitrogens is 1. The van der Waals surface area contributed by atoms with Gasteiger partial charge in [0.2, 0.25) is 0 Å². The van der Waals surface area contributed by atoms with Gasteiger partial charge in [-0.15, -0.1) is 0 Å². The second-order valence-electron chi connectivity index (χ2n) is 5.99. The third kappa shape index (κ3) is 2.43. The zero-order chi connectivity index (χ0) is 13.1. The maximum atomic E-state index is 5.98. The fraction of sp³-hybridized carbons (Fsp3) is 0.800. The van der Waals surface area contributed by atoms with Crippen molar-refractivity contribution in [1.82, 2.24) is 15.5 Å². The molecule has 1 heterocycles. The minimum absolute atomic E-state index is 0.411. The van der Waals surface area contributed by atoms with Crippen LogP contribution in [0.4, 0.5) is 0 Å². The molecule has 1 aromatic rings. The molecule has 2 fully saturated rings. The van der Waals surface area contributed by atoms with Crippen molar-refractivity contribution in [2.24, 2.45) is 5.41 Å². The average Bonchev–Trinajstić information content (AvgIpc) is 2.96. The fourth-order valence-corrected chi connectivity index (χ4v) is 3.97. The van der Waals surface area contributed by atoms with Gasteiger partial charge in [0.1, 0.15) is 0 Å². The summed E-state index contributed by atoms with van der Waals surface area (Å²) < 4.78 is 5.98. The molecule has 1 spiro atoms. The zero-order valence-electron chi connectivity index (χ0n) is 11.8. The van der Waals surface area contributed by atoms with Crippen molar-refractivity contribution in [2.45, 2.75) is 64.1 Å². The third-order valence-electron chi connectivity index (χ3n) is 5.03. The van der Waals surface area contributed by atoms with E-state index in [1.807, 2.05) is 12.3 Å². The molecule has 2 aliphatic rings. The normalized spacial score (nSPS) is 29.3. The van der Waals surface area contributed by atoms with E-state index in [1.54, 1.807) is 0 Å². The maximum Gasteiger partial charge on any atom is 0.0661 e. The summed E-state index contributed by atoms with van der Waals surface area (Å²) in [6.45, 7) is 3.85. The molecule has 2 saturated carbocycles. The van der Waals surface area contributed by atoms with Gasteiger partial charge < -0.3 is 10.1 Å². The molecule has 2 unspecified atom stereocenters. The monoisotopic (exact) mass is 263 g/mol. The molecule has 2 atom stereocenters. The SMILES string of the molecule is CCOC1CC(NCc2ccn[nH]2)C12CCCCC2. The first-order chi connectivity index (χ1) is 9.35. The van der Waals surface area contributed by atoms with Gasteiger partial charge in [-0.25, -0.2) is 0 Å². The summed E-state index contributed by atoms with van der Waals surface area (Å²) in [6, 6.07) is 2.66. The summed E-state index contributed by atoms with van der Waals surface area (Å²) in [7, 11) is 0. The Kier molecular flexibility index (Phi) is 3.89. The highest BCUT2D eigenvalue weighted by molar-refractivity contribution is 5.10. The van der Waals surface area contributed by atoms with Crippen molar-refractivity contribution in [1.29, 1.82) is 0 Å². The molecule has 0 radical (unpaired) electrons. The molecule has 106 valence electrons. The summed E-state index contributed by atoms with van der Waals surface area (Å²) in [5.41, 5.74) is 1.58. The van der Waals surface area contributed by atoms with Gasteiger partial charge in [0.25, 0.3) is 0 Å². The van der Waals surface area contributed by atoms with E-state index in [1.165, 1.54) is 44.2 Å². The number of rotatable bonds is 5. The second kappa shape index (κ2) is 5.63. The van der Waals surface area contributed by atoms with E-state index in [9.17, 15) is 0 Å². The number of ether oxygens (including phenoxy) is 1. The Morgan fingerprint density at radius 3 is 2.95 bits per heavy atom. The van der Waals surface area contributed by atoms with Crippen molar-refractivity contribution in [2.75, 3.05) is 6.61 Å². The minimum Gasteiger partial charge on any atom is -0.378 e. The van der Waals surface area contributed by atoms with E-state index >= 15 is 0 Å². The predicted molar refractivity (Wildman–Crippen MR) is 74.8 cm³/mol. The largest absolute Gasteiger partial charge is 0.378 e. The third-order valence-corrected chi connectivity index (χ3v) is 5.03. The lowest BCUT2D eigenvalue weighted by molar-refractivity contribution is -0.150. The number of aromatic nitrogens is 2. The topological polar surface area (TPSA) is 49.9 Å². The zero-order valence-corrected chi connectivity index (χ0v) is 11.8. The Labute approximate surface area is 115 Å². The summed E-state index contributed by atoms with van der Waals surface area (Å²) in [5, 5.41) is 10.7. The van der Waals surface area contributed by atoms with Crippen molar-refractivity contribution >= 4 is 0 Å². The van der Waals surface area contributed by atoms with Crippen LogP contribution in [0, 0.1) is 5.41 Å². The molecule has 2 N–H and O–H groups in total. The molecule has 4 nitrogen and oxygen atoms in total. The first-order valence-electron chi connectivity index (χ1n) is 7.68. The van der Waals surface area contributed by atoms with Gasteiger partial charge >= 0.3 is 0 Å². The van der Waals surface area contributed by atoms with Crippen LogP contribution in [0.25, 0.3) is 0 Å². The Bertz CT molecular complexity index is 384. The molecule has 4 heteroatoms. The number of hydrogen-bond donors (Lipinski definition) is 2. The highest BCUT2D eigenvalue weighted by Crippen LogP contribution is 2.53. The lowest BCUT2D eigenvalue weighted by Crippen LogP contribution is -2.64. The fourth-order valence-electron chi connectivity index (χ4n) is 3.97. The van der Waals surface area contributed by atoms with Crippen molar-refractivity contribution in [3.63, 3.8) is 0 Å². The molecule has 3 rings (SSSR count). The molecule has 19 heavy (non-hydrogen) atoms. The van der Waals surface area contributed by atoms with E-state index < -0.39 is 0 Å². The van der Waals surface area contributed by atoms with Crippen LogP contribution in [-0.4, -0.2) is 29.0 Å². The van der Waals surface area contributed by atoms with Crippen molar-refractivity contribution in [3.05, 3.63) is 18.0 Å². The van der Waals surface area contributed by atoms with E-state index in [4.69, 9.17) is 4.74 Å². The van der Waals surface area contributed by atoms with E-state index in [2.05, 4.69) is 22.4 Å². The number of hydrogen-bond acceptors (Lipinski definition) is 3. The first-order valence-corrected chi connectivity index (χ1v) is 7.68. The number of nitrogens with one attached hydrogen (secondary N) is 2. The molecule has 2 aliphatic carbocycles. The number of nitrogens with zero attached hydrogens (tertiary/aromatic N) is 1. The van der Waals surface area contributed by atoms with Gasteiger partial charge in [0, 0.05) is 36.5 Å². The Morgan fingerprint density at radius 2 is 2.26 bits per heavy atom. The van der Waals surface area contributed by atoms with Crippen LogP contribution in [0.1, 0.15) is 51.1 Å². The van der Waals surface area contributed by atoms with Crippen LogP contribution in [0.15, 0.2) is 12.3 Å². The molecule has 0 amide bonds. The van der Waals surface area contributed by atoms with Gasteiger partial charge in [0.05, 0.1) is 6.10 Å². The standard InChI is InChI=1S/C15H25N3O/c1-2-19-14-10-13(15(14)7-4-3-5-8-15)16-11-12-6-9-17-18-12/h6,9,13-14,16H,2-5,7-8,10-11H2,1H3,(H,17,18). The van der Waals surface area contributed by atoms with Crippen LogP contribution in [0.2, 0.25) is 0 Å². The second-order valence-corrected chi connectivity index (χ2v) is 5.99. The predicted octanol–water partition coefficient (Wildman–Crippen LogP) is 2.63. The quantitative estimate of drug-likeness (QED) is 0.858. The molecule has 0 saturated heterocycles. The molecule has 0 bridgehead atoms. The average molecular weight is 263 g/mol. The van der Waals surface area contributed by atoms with E-state index in [0.29, 0.717) is 17.6 Å². The highest BCUT2D eigenvalue weighted by atomic mass is 16.5. The van der Waals surface area contributed by atoms with Crippen molar-refractivity contribution < 1.29 is 4.74 Å². The molecule has 0 aliphatic heterocycles. The summed E-state index contributed by atoms with van der Waals surface area (Å²) in [4.78, 5) is 0. The molecular weight excluding hydrogens is 238 g/mol.